The summed E-state index contributed by atoms with van der Waals surface area (Å²) in [4.78, 5) is 11.7. The molecule has 1 unspecified atom stereocenters. The quantitative estimate of drug-likeness (QED) is 0.819. The average molecular weight is 299 g/mol. The van der Waals surface area contributed by atoms with E-state index in [-0.39, 0.29) is 18.6 Å². The molecule has 6 heteroatoms. The summed E-state index contributed by atoms with van der Waals surface area (Å²) in [5, 5.41) is 3.09. The van der Waals surface area contributed by atoms with Gasteiger partial charge >= 0.3 is 0 Å². The van der Waals surface area contributed by atoms with Crippen LogP contribution in [-0.2, 0) is 14.3 Å². The first-order valence-electron chi connectivity index (χ1n) is 6.69. The van der Waals surface area contributed by atoms with Gasteiger partial charge in [-0.05, 0) is 37.5 Å². The summed E-state index contributed by atoms with van der Waals surface area (Å²) < 4.78 is 10.9. The summed E-state index contributed by atoms with van der Waals surface area (Å²) >= 11 is 5.97. The third-order valence-electron chi connectivity index (χ3n) is 3.08. The molecule has 1 heterocycles. The van der Waals surface area contributed by atoms with Crippen molar-refractivity contribution in [1.29, 1.82) is 0 Å². The Hall–Kier alpha value is -1.30. The van der Waals surface area contributed by atoms with Crippen LogP contribution in [0.15, 0.2) is 18.2 Å². The Balaban J connectivity index is 1.72. The van der Waals surface area contributed by atoms with Crippen molar-refractivity contribution < 1.29 is 14.3 Å². The second-order valence-corrected chi connectivity index (χ2v) is 5.20. The van der Waals surface area contributed by atoms with Crippen LogP contribution in [0.5, 0.6) is 0 Å². The third kappa shape index (κ3) is 4.67. The molecule has 1 amide bonds. The number of hydrogen-bond acceptors (Lipinski definition) is 4. The van der Waals surface area contributed by atoms with Crippen molar-refractivity contribution in [3.8, 4) is 0 Å². The van der Waals surface area contributed by atoms with Gasteiger partial charge in [0, 0.05) is 12.3 Å². The van der Waals surface area contributed by atoms with Crippen molar-refractivity contribution in [2.24, 2.45) is 0 Å². The van der Waals surface area contributed by atoms with E-state index in [0.29, 0.717) is 23.0 Å². The second kappa shape index (κ2) is 7.47. The van der Waals surface area contributed by atoms with E-state index >= 15 is 0 Å². The predicted octanol–water partition coefficient (Wildman–Crippen LogP) is 2.45. The number of nitrogens with one attached hydrogen (secondary N) is 1. The third-order valence-corrected chi connectivity index (χ3v) is 3.39. The van der Waals surface area contributed by atoms with E-state index in [9.17, 15) is 4.79 Å². The summed E-state index contributed by atoms with van der Waals surface area (Å²) in [6.45, 7) is 1.21. The van der Waals surface area contributed by atoms with E-state index in [1.165, 1.54) is 0 Å². The normalized spacial score (nSPS) is 18.8. The summed E-state index contributed by atoms with van der Waals surface area (Å²) in [6, 6.07) is 4.94. The van der Waals surface area contributed by atoms with Crippen molar-refractivity contribution in [3.05, 3.63) is 23.2 Å². The summed E-state index contributed by atoms with van der Waals surface area (Å²) in [7, 11) is 0. The molecule has 1 aromatic rings. The Labute approximate surface area is 123 Å². The van der Waals surface area contributed by atoms with Gasteiger partial charge in [-0.15, -0.1) is 0 Å². The highest BCUT2D eigenvalue weighted by molar-refractivity contribution is 6.34. The SMILES string of the molecule is Nc1ccc(NC(=O)COCC2CCCCO2)c(Cl)c1. The average Bonchev–Trinajstić information content (AvgIpc) is 2.43. The number of anilines is 2. The fourth-order valence-corrected chi connectivity index (χ4v) is 2.28. The lowest BCUT2D eigenvalue weighted by atomic mass is 10.1. The fourth-order valence-electron chi connectivity index (χ4n) is 2.04. The first-order chi connectivity index (χ1) is 9.65. The van der Waals surface area contributed by atoms with E-state index in [2.05, 4.69) is 5.32 Å². The highest BCUT2D eigenvalue weighted by Crippen LogP contribution is 2.23. The zero-order valence-corrected chi connectivity index (χ0v) is 12.0. The molecule has 20 heavy (non-hydrogen) atoms. The topological polar surface area (TPSA) is 73.6 Å². The maximum atomic E-state index is 11.7. The van der Waals surface area contributed by atoms with Gasteiger partial charge in [0.25, 0.3) is 0 Å². The van der Waals surface area contributed by atoms with Crippen LogP contribution < -0.4 is 11.1 Å². The first kappa shape index (κ1) is 15.1. The number of benzene rings is 1. The van der Waals surface area contributed by atoms with Crippen LogP contribution in [0.2, 0.25) is 5.02 Å². The summed E-state index contributed by atoms with van der Waals surface area (Å²) in [6.07, 6.45) is 3.36. The zero-order chi connectivity index (χ0) is 14.4. The summed E-state index contributed by atoms with van der Waals surface area (Å²) in [5.74, 6) is -0.243. The largest absolute Gasteiger partial charge is 0.399 e. The van der Waals surface area contributed by atoms with E-state index in [0.717, 1.165) is 25.9 Å². The fraction of sp³-hybridized carbons (Fsp3) is 0.500. The molecule has 0 saturated carbocycles. The number of rotatable bonds is 5. The monoisotopic (exact) mass is 298 g/mol. The number of nitrogen functional groups attached to an aromatic ring is 1. The smallest absolute Gasteiger partial charge is 0.250 e. The van der Waals surface area contributed by atoms with Gasteiger partial charge in [0.1, 0.15) is 6.61 Å². The standard InChI is InChI=1S/C14H19ClN2O3/c15-12-7-10(16)4-5-13(12)17-14(18)9-19-8-11-3-1-2-6-20-11/h4-5,7,11H,1-3,6,8-9,16H2,(H,17,18). The minimum atomic E-state index is -0.243. The van der Waals surface area contributed by atoms with Crippen LogP contribution in [-0.4, -0.2) is 31.8 Å². The van der Waals surface area contributed by atoms with Crippen molar-refractivity contribution in [2.45, 2.75) is 25.4 Å². The Morgan fingerprint density at radius 2 is 2.35 bits per heavy atom. The van der Waals surface area contributed by atoms with E-state index in [1.54, 1.807) is 18.2 Å². The molecule has 0 bridgehead atoms. The van der Waals surface area contributed by atoms with Gasteiger partial charge in [-0.3, -0.25) is 4.79 Å². The number of amides is 1. The van der Waals surface area contributed by atoms with E-state index < -0.39 is 0 Å². The van der Waals surface area contributed by atoms with Gasteiger partial charge in [0.2, 0.25) is 5.91 Å². The van der Waals surface area contributed by atoms with Crippen LogP contribution in [0.4, 0.5) is 11.4 Å². The lowest BCUT2D eigenvalue weighted by Gasteiger charge is -2.22. The highest BCUT2D eigenvalue weighted by atomic mass is 35.5. The minimum Gasteiger partial charge on any atom is -0.399 e. The lowest BCUT2D eigenvalue weighted by molar-refractivity contribution is -0.122. The molecule has 0 aliphatic carbocycles. The number of nitrogens with two attached hydrogens (primary N) is 1. The Bertz CT molecular complexity index is 462. The molecular weight excluding hydrogens is 280 g/mol. The second-order valence-electron chi connectivity index (χ2n) is 4.79. The molecule has 1 saturated heterocycles. The molecule has 1 aromatic carbocycles. The molecule has 0 radical (unpaired) electrons. The molecule has 3 N–H and O–H groups in total. The lowest BCUT2D eigenvalue weighted by Crippen LogP contribution is -2.27. The van der Waals surface area contributed by atoms with Crippen molar-refractivity contribution in [3.63, 3.8) is 0 Å². The van der Waals surface area contributed by atoms with Crippen molar-refractivity contribution >= 4 is 28.9 Å². The van der Waals surface area contributed by atoms with E-state index in [4.69, 9.17) is 26.8 Å². The molecule has 1 fully saturated rings. The Kier molecular flexibility index (Phi) is 5.64. The molecule has 2 rings (SSSR count). The number of carbonyl (C=O) groups excluding carboxylic acids is 1. The number of hydrogen-bond donors (Lipinski definition) is 2. The van der Waals surface area contributed by atoms with Crippen LogP contribution in [0.1, 0.15) is 19.3 Å². The van der Waals surface area contributed by atoms with Crippen LogP contribution in [0.25, 0.3) is 0 Å². The maximum Gasteiger partial charge on any atom is 0.250 e. The molecule has 1 aliphatic rings. The molecular formula is C14H19ClN2O3. The maximum absolute atomic E-state index is 11.7. The predicted molar refractivity (Wildman–Crippen MR) is 78.9 cm³/mol. The minimum absolute atomic E-state index is 0.0133. The van der Waals surface area contributed by atoms with Gasteiger partial charge in [0.05, 0.1) is 23.4 Å². The Morgan fingerprint density at radius 3 is 3.05 bits per heavy atom. The first-order valence-corrected chi connectivity index (χ1v) is 7.07. The highest BCUT2D eigenvalue weighted by Gasteiger charge is 2.14. The zero-order valence-electron chi connectivity index (χ0n) is 11.2. The van der Waals surface area contributed by atoms with E-state index in [1.807, 2.05) is 0 Å². The van der Waals surface area contributed by atoms with Gasteiger partial charge in [-0.2, -0.15) is 0 Å². The molecule has 1 aliphatic heterocycles. The molecule has 0 spiro atoms. The van der Waals surface area contributed by atoms with Crippen LogP contribution in [0, 0.1) is 0 Å². The van der Waals surface area contributed by atoms with Gasteiger partial charge in [-0.1, -0.05) is 11.6 Å². The van der Waals surface area contributed by atoms with Gasteiger partial charge < -0.3 is 20.5 Å². The molecule has 1 atom stereocenters. The number of halogens is 1. The van der Waals surface area contributed by atoms with Gasteiger partial charge in [-0.25, -0.2) is 0 Å². The van der Waals surface area contributed by atoms with Gasteiger partial charge in [0.15, 0.2) is 0 Å². The number of ether oxygens (including phenoxy) is 2. The molecule has 5 nitrogen and oxygen atoms in total. The van der Waals surface area contributed by atoms with Crippen molar-refractivity contribution in [1.82, 2.24) is 0 Å². The molecule has 0 aromatic heterocycles. The van der Waals surface area contributed by atoms with Crippen LogP contribution in [0.3, 0.4) is 0 Å². The Morgan fingerprint density at radius 1 is 1.50 bits per heavy atom. The summed E-state index contributed by atoms with van der Waals surface area (Å²) in [5.41, 5.74) is 6.67. The number of carbonyl (C=O) groups is 1. The molecule has 110 valence electrons. The van der Waals surface area contributed by atoms with Crippen molar-refractivity contribution in [2.75, 3.05) is 30.9 Å². The van der Waals surface area contributed by atoms with Crippen LogP contribution >= 0.6 is 11.6 Å².